The Morgan fingerprint density at radius 2 is 2.12 bits per heavy atom. The van der Waals surface area contributed by atoms with Crippen molar-refractivity contribution in [1.82, 2.24) is 5.32 Å². The fraction of sp³-hybridized carbons (Fsp3) is 0.300. The highest BCUT2D eigenvalue weighted by molar-refractivity contribution is 5.81. The molecular weight excluding hydrogens is 237 g/mol. The second-order valence-corrected chi connectivity index (χ2v) is 3.26. The van der Waals surface area contributed by atoms with Gasteiger partial charge in [-0.05, 0) is 17.7 Å². The smallest absolute Gasteiger partial charge is 0.471 e. The van der Waals surface area contributed by atoms with Gasteiger partial charge in [0.2, 0.25) is 0 Å². The van der Waals surface area contributed by atoms with Crippen molar-refractivity contribution in [2.24, 2.45) is 0 Å². The molecule has 1 aromatic carbocycles. The van der Waals surface area contributed by atoms with E-state index in [0.29, 0.717) is 17.0 Å². The van der Waals surface area contributed by atoms with Gasteiger partial charge in [-0.15, -0.1) is 0 Å². The molecule has 0 bridgehead atoms. The Labute approximate surface area is 95.6 Å². The van der Waals surface area contributed by atoms with Crippen molar-refractivity contribution in [3.63, 3.8) is 0 Å². The van der Waals surface area contributed by atoms with E-state index in [0.717, 1.165) is 0 Å². The van der Waals surface area contributed by atoms with E-state index in [4.69, 9.17) is 10.5 Å². The molecule has 3 N–H and O–H groups in total. The van der Waals surface area contributed by atoms with Crippen molar-refractivity contribution in [3.8, 4) is 5.75 Å². The molecule has 1 rings (SSSR count). The van der Waals surface area contributed by atoms with Crippen LogP contribution in [0.3, 0.4) is 0 Å². The van der Waals surface area contributed by atoms with Gasteiger partial charge < -0.3 is 15.8 Å². The molecule has 1 aromatic rings. The summed E-state index contributed by atoms with van der Waals surface area (Å²) in [5.74, 6) is -1.55. The third-order valence-corrected chi connectivity index (χ3v) is 2.00. The van der Waals surface area contributed by atoms with Crippen LogP contribution >= 0.6 is 0 Å². The summed E-state index contributed by atoms with van der Waals surface area (Å²) < 4.78 is 40.6. The summed E-state index contributed by atoms with van der Waals surface area (Å²) in [5.41, 5.74) is 6.32. The molecule has 1 amide bonds. The Morgan fingerprint density at radius 3 is 2.59 bits per heavy atom. The molecule has 0 atom stereocenters. The van der Waals surface area contributed by atoms with Crippen LogP contribution in [0.1, 0.15) is 5.56 Å². The number of halogens is 3. The fourth-order valence-electron chi connectivity index (χ4n) is 1.18. The predicted molar refractivity (Wildman–Crippen MR) is 55.3 cm³/mol. The Hall–Kier alpha value is -1.92. The lowest BCUT2D eigenvalue weighted by Gasteiger charge is -2.09. The molecule has 0 aliphatic carbocycles. The van der Waals surface area contributed by atoms with Gasteiger partial charge in [-0.25, -0.2) is 0 Å². The topological polar surface area (TPSA) is 64.3 Å². The normalized spacial score (nSPS) is 11.1. The predicted octanol–water partition coefficient (Wildman–Crippen LogP) is 1.46. The lowest BCUT2D eigenvalue weighted by molar-refractivity contribution is -0.173. The van der Waals surface area contributed by atoms with Crippen LogP contribution in [0.4, 0.5) is 18.9 Å². The molecular formula is C10H11F3N2O2. The fourth-order valence-corrected chi connectivity index (χ4v) is 1.18. The Morgan fingerprint density at radius 1 is 1.47 bits per heavy atom. The third kappa shape index (κ3) is 3.54. The first-order valence-electron chi connectivity index (χ1n) is 4.62. The molecule has 4 nitrogen and oxygen atoms in total. The Bertz CT molecular complexity index is 419. The number of nitrogens with two attached hydrogens (primary N) is 1. The zero-order valence-corrected chi connectivity index (χ0v) is 8.97. The lowest BCUT2D eigenvalue weighted by atomic mass is 10.2. The number of anilines is 1. The first-order valence-corrected chi connectivity index (χ1v) is 4.62. The van der Waals surface area contributed by atoms with Crippen LogP contribution in [-0.4, -0.2) is 19.2 Å². The van der Waals surface area contributed by atoms with E-state index in [2.05, 4.69) is 0 Å². The molecule has 94 valence electrons. The number of alkyl halides is 3. The quantitative estimate of drug-likeness (QED) is 0.796. The highest BCUT2D eigenvalue weighted by Crippen LogP contribution is 2.22. The lowest BCUT2D eigenvalue weighted by Crippen LogP contribution is -2.36. The van der Waals surface area contributed by atoms with E-state index in [1.165, 1.54) is 25.3 Å². The highest BCUT2D eigenvalue weighted by Gasteiger charge is 2.38. The zero-order chi connectivity index (χ0) is 13.1. The molecule has 0 saturated carbocycles. The molecule has 0 spiro atoms. The van der Waals surface area contributed by atoms with Crippen molar-refractivity contribution in [3.05, 3.63) is 23.8 Å². The van der Waals surface area contributed by atoms with Gasteiger partial charge in [-0.1, -0.05) is 6.07 Å². The van der Waals surface area contributed by atoms with Crippen LogP contribution in [0.15, 0.2) is 18.2 Å². The van der Waals surface area contributed by atoms with Gasteiger partial charge in [0.05, 0.1) is 12.8 Å². The number of nitrogen functional groups attached to an aromatic ring is 1. The molecule has 0 unspecified atom stereocenters. The maximum Gasteiger partial charge on any atom is 0.471 e. The number of carbonyl (C=O) groups excluding carboxylic acids is 1. The number of hydrogen-bond donors (Lipinski definition) is 2. The maximum atomic E-state index is 11.9. The average molecular weight is 248 g/mol. The van der Waals surface area contributed by atoms with Gasteiger partial charge >= 0.3 is 12.1 Å². The zero-order valence-electron chi connectivity index (χ0n) is 8.97. The second-order valence-electron chi connectivity index (χ2n) is 3.26. The van der Waals surface area contributed by atoms with E-state index in [1.807, 2.05) is 0 Å². The monoisotopic (exact) mass is 248 g/mol. The molecule has 0 fully saturated rings. The first-order chi connectivity index (χ1) is 7.84. The first kappa shape index (κ1) is 13.1. The van der Waals surface area contributed by atoms with Gasteiger partial charge in [-0.2, -0.15) is 13.2 Å². The summed E-state index contributed by atoms with van der Waals surface area (Å²) >= 11 is 0. The van der Waals surface area contributed by atoms with Gasteiger partial charge in [0.1, 0.15) is 5.75 Å². The molecule has 0 aliphatic rings. The van der Waals surface area contributed by atoms with Crippen molar-refractivity contribution in [1.29, 1.82) is 0 Å². The van der Waals surface area contributed by atoms with E-state index < -0.39 is 12.1 Å². The SMILES string of the molecule is COc1ccc(CNC(=O)C(F)(F)F)cc1N. The average Bonchev–Trinajstić information content (AvgIpc) is 2.24. The number of carbonyl (C=O) groups is 1. The summed E-state index contributed by atoms with van der Waals surface area (Å²) in [7, 11) is 1.43. The minimum absolute atomic E-state index is 0.244. The Balaban J connectivity index is 2.65. The second kappa shape index (κ2) is 4.94. The van der Waals surface area contributed by atoms with E-state index in [9.17, 15) is 18.0 Å². The van der Waals surface area contributed by atoms with Gasteiger partial charge in [0.25, 0.3) is 0 Å². The molecule has 0 saturated heterocycles. The van der Waals surface area contributed by atoms with Gasteiger partial charge in [0.15, 0.2) is 0 Å². The van der Waals surface area contributed by atoms with Crippen molar-refractivity contribution >= 4 is 11.6 Å². The molecule has 17 heavy (non-hydrogen) atoms. The van der Waals surface area contributed by atoms with Gasteiger partial charge in [0, 0.05) is 6.54 Å². The molecule has 7 heteroatoms. The standard InChI is InChI=1S/C10H11F3N2O2/c1-17-8-3-2-6(4-7(8)14)5-15-9(16)10(11,12)13/h2-4H,5,14H2,1H3,(H,15,16). The minimum atomic E-state index is -4.88. The van der Waals surface area contributed by atoms with E-state index in [1.54, 1.807) is 5.32 Å². The molecule has 0 radical (unpaired) electrons. The summed E-state index contributed by atoms with van der Waals surface area (Å²) in [6.07, 6.45) is -4.88. The van der Waals surface area contributed by atoms with Crippen LogP contribution in [0.25, 0.3) is 0 Å². The molecule has 0 heterocycles. The summed E-state index contributed by atoms with van der Waals surface area (Å²) in [5, 5.41) is 1.74. The molecule has 0 aromatic heterocycles. The van der Waals surface area contributed by atoms with Crippen molar-refractivity contribution in [2.75, 3.05) is 12.8 Å². The summed E-state index contributed by atoms with van der Waals surface area (Å²) in [4.78, 5) is 10.6. The van der Waals surface area contributed by atoms with Crippen LogP contribution in [0.5, 0.6) is 5.75 Å². The van der Waals surface area contributed by atoms with E-state index in [-0.39, 0.29) is 6.54 Å². The van der Waals surface area contributed by atoms with E-state index >= 15 is 0 Å². The number of hydrogen-bond acceptors (Lipinski definition) is 3. The van der Waals surface area contributed by atoms with Crippen molar-refractivity contribution in [2.45, 2.75) is 12.7 Å². The van der Waals surface area contributed by atoms with Crippen LogP contribution in [-0.2, 0) is 11.3 Å². The van der Waals surface area contributed by atoms with Crippen LogP contribution in [0.2, 0.25) is 0 Å². The Kier molecular flexibility index (Phi) is 3.82. The minimum Gasteiger partial charge on any atom is -0.495 e. The van der Waals surface area contributed by atoms with Gasteiger partial charge in [-0.3, -0.25) is 4.79 Å². The van der Waals surface area contributed by atoms with Crippen LogP contribution in [0, 0.1) is 0 Å². The number of methoxy groups -OCH3 is 1. The maximum absolute atomic E-state index is 11.9. The summed E-state index contributed by atoms with van der Waals surface area (Å²) in [6, 6.07) is 4.48. The van der Waals surface area contributed by atoms with Crippen molar-refractivity contribution < 1.29 is 22.7 Å². The van der Waals surface area contributed by atoms with Crippen LogP contribution < -0.4 is 15.8 Å². The number of amides is 1. The summed E-state index contributed by atoms with van der Waals surface area (Å²) in [6.45, 7) is -0.244. The molecule has 0 aliphatic heterocycles. The number of benzene rings is 1. The third-order valence-electron chi connectivity index (χ3n) is 2.00. The number of rotatable bonds is 3. The largest absolute Gasteiger partial charge is 0.495 e. The number of ether oxygens (including phenoxy) is 1. The highest BCUT2D eigenvalue weighted by atomic mass is 19.4. The number of nitrogens with one attached hydrogen (secondary N) is 1.